The van der Waals surface area contributed by atoms with Crippen molar-refractivity contribution in [2.45, 2.75) is 47.0 Å². The van der Waals surface area contributed by atoms with Gasteiger partial charge in [0.05, 0.1) is 0 Å². The highest BCUT2D eigenvalue weighted by Gasteiger charge is 2.16. The molecule has 102 valence electrons. The number of nitrogen functional groups attached to an aromatic ring is 1. The molecule has 18 heavy (non-hydrogen) atoms. The second-order valence-corrected chi connectivity index (χ2v) is 4.76. The average molecular weight is 251 g/mol. The summed E-state index contributed by atoms with van der Waals surface area (Å²) in [7, 11) is 0. The van der Waals surface area contributed by atoms with Crippen LogP contribution in [0.2, 0.25) is 0 Å². The Kier molecular flexibility index (Phi) is 5.34. The van der Waals surface area contributed by atoms with Crippen LogP contribution in [0.1, 0.15) is 51.4 Å². The molecule has 1 aromatic heterocycles. The summed E-state index contributed by atoms with van der Waals surface area (Å²) >= 11 is 0. The molecule has 1 heterocycles. The molecule has 0 aliphatic carbocycles. The van der Waals surface area contributed by atoms with Gasteiger partial charge in [-0.1, -0.05) is 20.8 Å². The van der Waals surface area contributed by atoms with Crippen LogP contribution in [0.5, 0.6) is 0 Å². The van der Waals surface area contributed by atoms with E-state index in [1.807, 2.05) is 6.92 Å². The lowest BCUT2D eigenvalue weighted by molar-refractivity contribution is 0.734. The number of hydrogen-bond acceptors (Lipinski definition) is 5. The van der Waals surface area contributed by atoms with E-state index in [-0.39, 0.29) is 5.92 Å². The Morgan fingerprint density at radius 2 is 1.94 bits per heavy atom. The quantitative estimate of drug-likeness (QED) is 0.600. The van der Waals surface area contributed by atoms with Crippen molar-refractivity contribution in [2.75, 3.05) is 23.4 Å². The first kappa shape index (κ1) is 14.7. The maximum absolute atomic E-state index is 5.55. The van der Waals surface area contributed by atoms with Crippen molar-refractivity contribution in [3.8, 4) is 0 Å². The molecule has 5 nitrogen and oxygen atoms in total. The zero-order valence-electron chi connectivity index (χ0n) is 12.1. The summed E-state index contributed by atoms with van der Waals surface area (Å²) in [6.07, 6.45) is 1.10. The monoisotopic (exact) mass is 251 g/mol. The van der Waals surface area contributed by atoms with Crippen LogP contribution < -0.4 is 16.2 Å². The van der Waals surface area contributed by atoms with Crippen molar-refractivity contribution in [3.63, 3.8) is 0 Å². The summed E-state index contributed by atoms with van der Waals surface area (Å²) in [5.74, 6) is 8.38. The molecule has 0 atom stereocenters. The molecule has 0 unspecified atom stereocenters. The second kappa shape index (κ2) is 6.54. The van der Waals surface area contributed by atoms with E-state index in [1.54, 1.807) is 0 Å². The van der Waals surface area contributed by atoms with E-state index in [0.717, 1.165) is 42.5 Å². The predicted octanol–water partition coefficient (Wildman–Crippen LogP) is 2.43. The van der Waals surface area contributed by atoms with E-state index in [4.69, 9.17) is 5.84 Å². The molecule has 5 heteroatoms. The van der Waals surface area contributed by atoms with Gasteiger partial charge in [-0.3, -0.25) is 0 Å². The summed E-state index contributed by atoms with van der Waals surface area (Å²) < 4.78 is 0. The van der Waals surface area contributed by atoms with Crippen molar-refractivity contribution < 1.29 is 0 Å². The van der Waals surface area contributed by atoms with Crippen LogP contribution in [0, 0.1) is 6.92 Å². The highest BCUT2D eigenvalue weighted by molar-refractivity contribution is 5.58. The Hall–Kier alpha value is -1.36. The Balaban J connectivity index is 3.26. The number of aromatic nitrogens is 2. The number of nitrogens with two attached hydrogens (primary N) is 1. The summed E-state index contributed by atoms with van der Waals surface area (Å²) in [5, 5.41) is 0. The second-order valence-electron chi connectivity index (χ2n) is 4.76. The molecule has 1 rings (SSSR count). The first-order valence-electron chi connectivity index (χ1n) is 6.65. The zero-order valence-corrected chi connectivity index (χ0v) is 12.1. The minimum absolute atomic E-state index is 0.289. The number of hydrazine groups is 1. The molecule has 0 saturated heterocycles. The van der Waals surface area contributed by atoms with E-state index < -0.39 is 0 Å². The zero-order chi connectivity index (χ0) is 13.7. The van der Waals surface area contributed by atoms with Gasteiger partial charge in [-0.25, -0.2) is 15.8 Å². The largest absolute Gasteiger partial charge is 0.357 e. The van der Waals surface area contributed by atoms with E-state index in [2.05, 4.69) is 48.0 Å². The van der Waals surface area contributed by atoms with E-state index in [1.165, 1.54) is 0 Å². The third-order valence-electron chi connectivity index (χ3n) is 2.97. The van der Waals surface area contributed by atoms with Crippen LogP contribution in [0.4, 0.5) is 11.6 Å². The first-order chi connectivity index (χ1) is 8.54. The molecule has 0 aliphatic rings. The van der Waals surface area contributed by atoms with Crippen molar-refractivity contribution in [3.05, 3.63) is 11.4 Å². The maximum Gasteiger partial charge on any atom is 0.148 e. The van der Waals surface area contributed by atoms with Crippen LogP contribution >= 0.6 is 0 Å². The van der Waals surface area contributed by atoms with E-state index in [0.29, 0.717) is 0 Å². The Morgan fingerprint density at radius 3 is 2.39 bits per heavy atom. The van der Waals surface area contributed by atoms with Crippen LogP contribution in [-0.4, -0.2) is 23.1 Å². The normalized spacial score (nSPS) is 10.8. The van der Waals surface area contributed by atoms with Gasteiger partial charge in [0.25, 0.3) is 0 Å². The first-order valence-corrected chi connectivity index (χ1v) is 6.65. The van der Waals surface area contributed by atoms with Crippen LogP contribution in [0.3, 0.4) is 0 Å². The van der Waals surface area contributed by atoms with Gasteiger partial charge in [-0.05, 0) is 20.3 Å². The molecule has 1 aromatic rings. The lowest BCUT2D eigenvalue weighted by atomic mass is 10.2. The minimum atomic E-state index is 0.289. The predicted molar refractivity (Wildman–Crippen MR) is 76.8 cm³/mol. The van der Waals surface area contributed by atoms with Crippen LogP contribution in [-0.2, 0) is 0 Å². The minimum Gasteiger partial charge on any atom is -0.357 e. The Morgan fingerprint density at radius 1 is 1.28 bits per heavy atom. The third kappa shape index (κ3) is 3.10. The molecule has 0 spiro atoms. The van der Waals surface area contributed by atoms with Gasteiger partial charge in [-0.15, -0.1) is 0 Å². The van der Waals surface area contributed by atoms with Crippen LogP contribution in [0.25, 0.3) is 0 Å². The fourth-order valence-electron chi connectivity index (χ4n) is 1.91. The van der Waals surface area contributed by atoms with Gasteiger partial charge >= 0.3 is 0 Å². The molecule has 0 aliphatic heterocycles. The van der Waals surface area contributed by atoms with Crippen molar-refractivity contribution in [2.24, 2.45) is 5.84 Å². The number of nitrogens with one attached hydrogen (secondary N) is 1. The van der Waals surface area contributed by atoms with Crippen molar-refractivity contribution in [1.29, 1.82) is 0 Å². The Labute approximate surface area is 110 Å². The third-order valence-corrected chi connectivity index (χ3v) is 2.97. The van der Waals surface area contributed by atoms with Gasteiger partial charge in [0, 0.05) is 24.6 Å². The molecule has 0 radical (unpaired) electrons. The molecule has 0 bridgehead atoms. The highest BCUT2D eigenvalue weighted by Crippen LogP contribution is 2.25. The van der Waals surface area contributed by atoms with Gasteiger partial charge in [-0.2, -0.15) is 0 Å². The molecular weight excluding hydrogens is 226 g/mol. The molecule has 3 N–H and O–H groups in total. The molecule has 0 saturated carbocycles. The van der Waals surface area contributed by atoms with Gasteiger partial charge in [0.2, 0.25) is 0 Å². The summed E-state index contributed by atoms with van der Waals surface area (Å²) in [5.41, 5.74) is 3.69. The molecular formula is C13H25N5. The topological polar surface area (TPSA) is 67.1 Å². The lowest BCUT2D eigenvalue weighted by Crippen LogP contribution is -2.27. The lowest BCUT2D eigenvalue weighted by Gasteiger charge is -2.25. The Bertz CT molecular complexity index is 389. The van der Waals surface area contributed by atoms with Gasteiger partial charge in [0.15, 0.2) is 0 Å². The van der Waals surface area contributed by atoms with Crippen molar-refractivity contribution in [1.82, 2.24) is 9.97 Å². The van der Waals surface area contributed by atoms with E-state index >= 15 is 0 Å². The molecule has 0 aromatic carbocycles. The maximum atomic E-state index is 5.55. The van der Waals surface area contributed by atoms with E-state index in [9.17, 15) is 0 Å². The smallest absolute Gasteiger partial charge is 0.148 e. The van der Waals surface area contributed by atoms with Gasteiger partial charge in [0.1, 0.15) is 17.5 Å². The summed E-state index contributed by atoms with van der Waals surface area (Å²) in [6.45, 7) is 12.4. The van der Waals surface area contributed by atoms with Crippen LogP contribution in [0.15, 0.2) is 0 Å². The van der Waals surface area contributed by atoms with Crippen molar-refractivity contribution >= 4 is 11.6 Å². The highest BCUT2D eigenvalue weighted by atomic mass is 15.3. The summed E-state index contributed by atoms with van der Waals surface area (Å²) in [6, 6.07) is 0. The number of rotatable bonds is 6. The fraction of sp³-hybridized carbons (Fsp3) is 0.692. The number of hydrogen-bond donors (Lipinski definition) is 2. The molecule has 0 fully saturated rings. The number of nitrogens with zero attached hydrogens (tertiary/aromatic N) is 3. The average Bonchev–Trinajstić information content (AvgIpc) is 2.36. The number of anilines is 2. The van der Waals surface area contributed by atoms with Gasteiger partial charge < -0.3 is 10.3 Å². The fourth-order valence-corrected chi connectivity index (χ4v) is 1.91. The SMILES string of the molecule is CCCN(CC)c1nc(C(C)C)nc(NN)c1C. The molecule has 0 amide bonds. The standard InChI is InChI=1S/C13H25N5/c1-6-8-18(7-2)13-10(5)12(17-14)15-11(16-13)9(3)4/h9H,6-8,14H2,1-5H3,(H,15,16,17). The summed E-state index contributed by atoms with van der Waals surface area (Å²) in [4.78, 5) is 11.4.